The molecule has 0 spiro atoms. The monoisotopic (exact) mass is 475 g/mol. The minimum absolute atomic E-state index is 0.0678. The second-order valence-corrected chi connectivity index (χ2v) is 9.37. The van der Waals surface area contributed by atoms with Crippen LogP contribution in [0.5, 0.6) is 5.75 Å². The number of allylic oxidation sites excluding steroid dienone is 2. The summed E-state index contributed by atoms with van der Waals surface area (Å²) in [5.74, 6) is -1.80. The number of nitrogens with zero attached hydrogens (tertiary/aromatic N) is 2. The van der Waals surface area contributed by atoms with Gasteiger partial charge in [0, 0.05) is 12.1 Å². The number of fused-ring (bicyclic) bond motifs is 1. The molecule has 3 rings (SSSR count). The molecule has 1 aliphatic heterocycles. The molecule has 1 heterocycles. The average Bonchev–Trinajstić information content (AvgIpc) is 3.02. The Labute approximate surface area is 198 Å². The van der Waals surface area contributed by atoms with Gasteiger partial charge in [-0.1, -0.05) is 37.6 Å². The Kier molecular flexibility index (Phi) is 7.79. The molecule has 9 heteroatoms. The largest absolute Gasteiger partial charge is 0.495 e. The number of likely N-dealkylation sites (tertiary alicyclic amines) is 1. The van der Waals surface area contributed by atoms with Gasteiger partial charge in [0.2, 0.25) is 23.6 Å². The number of carbonyl (C=O) groups is 4. The quantitative estimate of drug-likeness (QED) is 0.460. The van der Waals surface area contributed by atoms with Gasteiger partial charge in [-0.2, -0.15) is 0 Å². The Morgan fingerprint density at radius 3 is 2.33 bits per heavy atom. The highest BCUT2D eigenvalue weighted by Gasteiger charge is 2.51. The van der Waals surface area contributed by atoms with E-state index in [1.807, 2.05) is 26.0 Å². The van der Waals surface area contributed by atoms with E-state index in [0.717, 1.165) is 4.90 Å². The molecule has 0 bridgehead atoms. The molecule has 1 aromatic rings. The number of halogens is 1. The normalized spacial score (nSPS) is 20.6. The first-order valence-corrected chi connectivity index (χ1v) is 11.4. The van der Waals surface area contributed by atoms with Gasteiger partial charge in [-0.3, -0.25) is 24.1 Å². The lowest BCUT2D eigenvalue weighted by Gasteiger charge is -2.30. The Balaban J connectivity index is 1.74. The van der Waals surface area contributed by atoms with Crippen molar-refractivity contribution in [1.29, 1.82) is 0 Å². The highest BCUT2D eigenvalue weighted by atomic mass is 35.5. The van der Waals surface area contributed by atoms with Gasteiger partial charge in [0.1, 0.15) is 11.8 Å². The van der Waals surface area contributed by atoms with Crippen LogP contribution in [0.15, 0.2) is 30.4 Å². The standard InChI is InChI=1S/C24H30ClN3O5/c1-14(2)11-19(28-22(30)16-7-5-6-8-17(16)23(28)31)24(32)27(3)13-21(29)26-18-12-15(25)9-10-20(18)33-4/h5-6,9-10,12,14,16-17,19H,7-8,11,13H2,1-4H3,(H,26,29). The van der Waals surface area contributed by atoms with E-state index < -0.39 is 29.7 Å². The number of carbonyl (C=O) groups excluding carboxylic acids is 4. The van der Waals surface area contributed by atoms with E-state index in [1.54, 1.807) is 18.2 Å². The van der Waals surface area contributed by atoms with Crippen LogP contribution in [0.4, 0.5) is 5.69 Å². The Bertz CT molecular complexity index is 951. The molecular formula is C24H30ClN3O5. The van der Waals surface area contributed by atoms with E-state index in [9.17, 15) is 19.2 Å². The summed E-state index contributed by atoms with van der Waals surface area (Å²) in [6, 6.07) is 3.89. The maximum atomic E-state index is 13.4. The SMILES string of the molecule is COc1ccc(Cl)cc1NC(=O)CN(C)C(=O)C(CC(C)C)N1C(=O)C2CC=CCC2C1=O. The zero-order valence-electron chi connectivity index (χ0n) is 19.3. The first-order chi connectivity index (χ1) is 15.6. The number of anilines is 1. The van der Waals surface area contributed by atoms with E-state index in [4.69, 9.17) is 16.3 Å². The van der Waals surface area contributed by atoms with Gasteiger partial charge in [0.15, 0.2) is 0 Å². The van der Waals surface area contributed by atoms with E-state index >= 15 is 0 Å². The van der Waals surface area contributed by atoms with Crippen molar-refractivity contribution in [3.63, 3.8) is 0 Å². The van der Waals surface area contributed by atoms with Crippen molar-refractivity contribution in [2.75, 3.05) is 26.0 Å². The number of imide groups is 1. The third-order valence-electron chi connectivity index (χ3n) is 6.03. The van der Waals surface area contributed by atoms with E-state index in [2.05, 4.69) is 5.32 Å². The minimum atomic E-state index is -0.936. The maximum absolute atomic E-state index is 13.4. The Morgan fingerprint density at radius 2 is 1.79 bits per heavy atom. The van der Waals surface area contributed by atoms with Crippen LogP contribution < -0.4 is 10.1 Å². The van der Waals surface area contributed by atoms with E-state index in [1.165, 1.54) is 19.1 Å². The first-order valence-electron chi connectivity index (χ1n) is 11.0. The van der Waals surface area contributed by atoms with Crippen LogP contribution in [0.2, 0.25) is 5.02 Å². The molecule has 1 N–H and O–H groups in total. The second-order valence-electron chi connectivity index (χ2n) is 8.93. The van der Waals surface area contributed by atoms with Gasteiger partial charge >= 0.3 is 0 Å². The van der Waals surface area contributed by atoms with E-state index in [0.29, 0.717) is 35.7 Å². The highest BCUT2D eigenvalue weighted by molar-refractivity contribution is 6.31. The first kappa shape index (κ1) is 24.8. The fourth-order valence-corrected chi connectivity index (χ4v) is 4.58. The molecule has 2 aliphatic rings. The molecule has 0 aromatic heterocycles. The van der Waals surface area contributed by atoms with Crippen LogP contribution >= 0.6 is 11.6 Å². The number of amides is 4. The zero-order valence-corrected chi connectivity index (χ0v) is 20.1. The Morgan fingerprint density at radius 1 is 1.18 bits per heavy atom. The molecule has 1 aliphatic carbocycles. The second kappa shape index (κ2) is 10.4. The van der Waals surface area contributed by atoms with E-state index in [-0.39, 0.29) is 24.3 Å². The molecule has 1 aromatic carbocycles. The number of methoxy groups -OCH3 is 1. The summed E-state index contributed by atoms with van der Waals surface area (Å²) in [5.41, 5.74) is 0.385. The van der Waals surface area contributed by atoms with Gasteiger partial charge in [0.25, 0.3) is 0 Å². The van der Waals surface area contributed by atoms with Crippen molar-refractivity contribution in [2.45, 2.75) is 39.2 Å². The molecule has 33 heavy (non-hydrogen) atoms. The van der Waals surface area contributed by atoms with Crippen molar-refractivity contribution in [2.24, 2.45) is 17.8 Å². The summed E-state index contributed by atoms with van der Waals surface area (Å²) < 4.78 is 5.23. The lowest BCUT2D eigenvalue weighted by Crippen LogP contribution is -2.52. The van der Waals surface area contributed by atoms with Crippen molar-refractivity contribution in [1.82, 2.24) is 9.80 Å². The van der Waals surface area contributed by atoms with Gasteiger partial charge in [-0.15, -0.1) is 0 Å². The molecule has 0 radical (unpaired) electrons. The number of rotatable bonds is 8. The molecule has 4 amide bonds. The van der Waals surface area contributed by atoms with Crippen LogP contribution in [0.25, 0.3) is 0 Å². The molecule has 8 nitrogen and oxygen atoms in total. The summed E-state index contributed by atoms with van der Waals surface area (Å²) in [4.78, 5) is 54.5. The number of ether oxygens (including phenoxy) is 1. The predicted octanol–water partition coefficient (Wildman–Crippen LogP) is 3.11. The van der Waals surface area contributed by atoms with Crippen LogP contribution in [0.3, 0.4) is 0 Å². The fourth-order valence-electron chi connectivity index (χ4n) is 4.41. The topological polar surface area (TPSA) is 96.0 Å². The number of hydrogen-bond donors (Lipinski definition) is 1. The lowest BCUT2D eigenvalue weighted by atomic mass is 9.85. The highest BCUT2D eigenvalue weighted by Crippen LogP contribution is 2.37. The summed E-state index contributed by atoms with van der Waals surface area (Å²) in [7, 11) is 2.96. The van der Waals surface area contributed by atoms with Gasteiger partial charge < -0.3 is 15.0 Å². The Hall–Kier alpha value is -2.87. The molecular weight excluding hydrogens is 446 g/mol. The smallest absolute Gasteiger partial charge is 0.246 e. The molecule has 3 atom stereocenters. The number of likely N-dealkylation sites (N-methyl/N-ethyl adjacent to an activating group) is 1. The molecule has 1 fully saturated rings. The molecule has 1 saturated heterocycles. The summed E-state index contributed by atoms with van der Waals surface area (Å²) in [5, 5.41) is 3.12. The number of benzene rings is 1. The zero-order chi connectivity index (χ0) is 24.3. The van der Waals surface area contributed by atoms with Gasteiger partial charge in [-0.25, -0.2) is 0 Å². The van der Waals surface area contributed by atoms with Crippen LogP contribution in [-0.4, -0.2) is 60.2 Å². The summed E-state index contributed by atoms with van der Waals surface area (Å²) in [6.45, 7) is 3.60. The minimum Gasteiger partial charge on any atom is -0.495 e. The van der Waals surface area contributed by atoms with Gasteiger partial charge in [-0.05, 0) is 43.4 Å². The molecule has 0 saturated carbocycles. The number of hydrogen-bond acceptors (Lipinski definition) is 5. The summed E-state index contributed by atoms with van der Waals surface area (Å²) in [6.07, 6.45) is 5.17. The molecule has 3 unspecified atom stereocenters. The fraction of sp³-hybridized carbons (Fsp3) is 0.500. The predicted molar refractivity (Wildman–Crippen MR) is 125 cm³/mol. The van der Waals surface area contributed by atoms with Crippen molar-refractivity contribution >= 4 is 40.9 Å². The third kappa shape index (κ3) is 5.38. The third-order valence-corrected chi connectivity index (χ3v) is 6.26. The maximum Gasteiger partial charge on any atom is 0.246 e. The molecule has 178 valence electrons. The van der Waals surface area contributed by atoms with Crippen LogP contribution in [0, 0.1) is 17.8 Å². The van der Waals surface area contributed by atoms with Gasteiger partial charge in [0.05, 0.1) is 31.2 Å². The van der Waals surface area contributed by atoms with Crippen LogP contribution in [0.1, 0.15) is 33.1 Å². The average molecular weight is 476 g/mol. The van der Waals surface area contributed by atoms with Crippen molar-refractivity contribution in [3.05, 3.63) is 35.4 Å². The summed E-state index contributed by atoms with van der Waals surface area (Å²) >= 11 is 6.01. The van der Waals surface area contributed by atoms with Crippen molar-refractivity contribution in [3.8, 4) is 5.75 Å². The number of nitrogens with one attached hydrogen (secondary N) is 1. The lowest BCUT2D eigenvalue weighted by molar-refractivity contribution is -0.152. The van der Waals surface area contributed by atoms with Crippen LogP contribution in [-0.2, 0) is 19.2 Å². The van der Waals surface area contributed by atoms with Crippen molar-refractivity contribution < 1.29 is 23.9 Å².